The molecule has 2 atom stereocenters. The molecule has 1 heterocycles. The monoisotopic (exact) mass is 128 g/mol. The van der Waals surface area contributed by atoms with Gasteiger partial charge in [-0.1, -0.05) is 5.57 Å². The Balaban J connectivity index is 2.12. The minimum Gasteiger partial charge on any atom is -0.394 e. The van der Waals surface area contributed by atoms with Gasteiger partial charge in [0.1, 0.15) is 6.10 Å². The van der Waals surface area contributed by atoms with Gasteiger partial charge in [0.25, 0.3) is 0 Å². The Morgan fingerprint density at radius 3 is 2.67 bits per heavy atom. The van der Waals surface area contributed by atoms with Crippen LogP contribution in [0.15, 0.2) is 12.2 Å². The molecule has 0 unspecified atom stereocenters. The van der Waals surface area contributed by atoms with Crippen LogP contribution in [-0.2, 0) is 4.74 Å². The topological polar surface area (TPSA) is 32.8 Å². The van der Waals surface area contributed by atoms with E-state index in [9.17, 15) is 0 Å². The highest BCUT2D eigenvalue weighted by Gasteiger charge is 2.37. The van der Waals surface area contributed by atoms with Crippen LogP contribution in [0.2, 0.25) is 0 Å². The molecule has 0 saturated carbocycles. The second-order valence-corrected chi connectivity index (χ2v) is 2.56. The van der Waals surface area contributed by atoms with Crippen molar-refractivity contribution in [1.82, 2.24) is 0 Å². The van der Waals surface area contributed by atoms with Crippen LogP contribution in [0.4, 0.5) is 0 Å². The molecule has 0 spiro atoms. The van der Waals surface area contributed by atoms with Gasteiger partial charge in [0.15, 0.2) is 0 Å². The lowest BCUT2D eigenvalue weighted by Crippen LogP contribution is -1.98. The van der Waals surface area contributed by atoms with Crippen LogP contribution in [0.1, 0.15) is 13.3 Å². The van der Waals surface area contributed by atoms with E-state index in [-0.39, 0.29) is 18.8 Å². The van der Waals surface area contributed by atoms with Crippen LogP contribution in [0.5, 0.6) is 0 Å². The molecular formula is C7H12O2. The van der Waals surface area contributed by atoms with Crippen molar-refractivity contribution in [3.63, 3.8) is 0 Å². The summed E-state index contributed by atoms with van der Waals surface area (Å²) < 4.78 is 5.07. The standard InChI is InChI=1S/C7H12O2/c1-5(2)3-6-7(4-8)9-6/h6-8H,1,3-4H2,2H3/t6-,7+/m1/s1. The molecule has 2 heteroatoms. The molecular weight excluding hydrogens is 116 g/mol. The zero-order valence-corrected chi connectivity index (χ0v) is 5.63. The molecule has 9 heavy (non-hydrogen) atoms. The lowest BCUT2D eigenvalue weighted by molar-refractivity contribution is 0.242. The van der Waals surface area contributed by atoms with Crippen LogP contribution >= 0.6 is 0 Å². The molecule has 0 aromatic carbocycles. The highest BCUT2D eigenvalue weighted by Crippen LogP contribution is 2.26. The Hall–Kier alpha value is -0.340. The Morgan fingerprint density at radius 2 is 2.33 bits per heavy atom. The molecule has 1 aliphatic heterocycles. The molecule has 0 radical (unpaired) electrons. The maximum absolute atomic E-state index is 8.53. The maximum atomic E-state index is 8.53. The molecule has 52 valence electrons. The third-order valence-electron chi connectivity index (χ3n) is 1.42. The summed E-state index contributed by atoms with van der Waals surface area (Å²) in [5.41, 5.74) is 1.12. The molecule has 1 rings (SSSR count). The van der Waals surface area contributed by atoms with Gasteiger partial charge in [-0.2, -0.15) is 0 Å². The van der Waals surface area contributed by atoms with Gasteiger partial charge in [-0.15, -0.1) is 6.58 Å². The van der Waals surface area contributed by atoms with E-state index in [0.717, 1.165) is 12.0 Å². The van der Waals surface area contributed by atoms with Gasteiger partial charge in [0.2, 0.25) is 0 Å². The number of aliphatic hydroxyl groups excluding tert-OH is 1. The van der Waals surface area contributed by atoms with E-state index in [2.05, 4.69) is 6.58 Å². The number of ether oxygens (including phenoxy) is 1. The van der Waals surface area contributed by atoms with E-state index in [4.69, 9.17) is 9.84 Å². The highest BCUT2D eigenvalue weighted by atomic mass is 16.6. The molecule has 0 aliphatic carbocycles. The summed E-state index contributed by atoms with van der Waals surface area (Å²) in [7, 11) is 0. The zero-order chi connectivity index (χ0) is 6.85. The van der Waals surface area contributed by atoms with Crippen molar-refractivity contribution in [2.24, 2.45) is 0 Å². The third-order valence-corrected chi connectivity index (χ3v) is 1.42. The SMILES string of the molecule is C=C(C)C[C@H]1O[C@H]1CO. The van der Waals surface area contributed by atoms with Gasteiger partial charge in [-0.05, 0) is 13.3 Å². The minimum absolute atomic E-state index is 0.0988. The van der Waals surface area contributed by atoms with E-state index < -0.39 is 0 Å². The summed E-state index contributed by atoms with van der Waals surface area (Å²) in [6, 6.07) is 0. The number of aliphatic hydroxyl groups is 1. The van der Waals surface area contributed by atoms with E-state index in [1.54, 1.807) is 0 Å². The quantitative estimate of drug-likeness (QED) is 0.448. The van der Waals surface area contributed by atoms with Gasteiger partial charge in [0, 0.05) is 0 Å². The number of hydrogen-bond acceptors (Lipinski definition) is 2. The first-order valence-corrected chi connectivity index (χ1v) is 3.14. The fourth-order valence-corrected chi connectivity index (χ4v) is 0.863. The van der Waals surface area contributed by atoms with Crippen molar-refractivity contribution in [2.75, 3.05) is 6.61 Å². The van der Waals surface area contributed by atoms with Crippen LogP contribution in [0.3, 0.4) is 0 Å². The largest absolute Gasteiger partial charge is 0.394 e. The molecule has 0 aromatic heterocycles. The van der Waals surface area contributed by atoms with E-state index in [1.807, 2.05) is 6.92 Å². The minimum atomic E-state index is 0.0988. The smallest absolute Gasteiger partial charge is 0.107 e. The fraction of sp³-hybridized carbons (Fsp3) is 0.714. The number of hydrogen-bond donors (Lipinski definition) is 1. The van der Waals surface area contributed by atoms with E-state index >= 15 is 0 Å². The van der Waals surface area contributed by atoms with Crippen LogP contribution < -0.4 is 0 Å². The summed E-state index contributed by atoms with van der Waals surface area (Å²) in [4.78, 5) is 0. The average molecular weight is 128 g/mol. The first-order chi connectivity index (χ1) is 4.24. The van der Waals surface area contributed by atoms with Crippen molar-refractivity contribution < 1.29 is 9.84 Å². The summed E-state index contributed by atoms with van der Waals surface area (Å²) in [5, 5.41) is 8.53. The predicted molar refractivity (Wildman–Crippen MR) is 35.2 cm³/mol. The normalized spacial score (nSPS) is 32.2. The first-order valence-electron chi connectivity index (χ1n) is 3.14. The Bertz CT molecular complexity index is 120. The van der Waals surface area contributed by atoms with Crippen molar-refractivity contribution in [2.45, 2.75) is 25.6 Å². The van der Waals surface area contributed by atoms with Crippen LogP contribution in [0, 0.1) is 0 Å². The van der Waals surface area contributed by atoms with Gasteiger partial charge in [-0.3, -0.25) is 0 Å². The van der Waals surface area contributed by atoms with Gasteiger partial charge in [-0.25, -0.2) is 0 Å². The van der Waals surface area contributed by atoms with Crippen LogP contribution in [-0.4, -0.2) is 23.9 Å². The summed E-state index contributed by atoms with van der Waals surface area (Å²) >= 11 is 0. The molecule has 1 saturated heterocycles. The van der Waals surface area contributed by atoms with Gasteiger partial charge < -0.3 is 9.84 Å². The molecule has 0 amide bonds. The molecule has 1 fully saturated rings. The van der Waals surface area contributed by atoms with Gasteiger partial charge in [0.05, 0.1) is 12.7 Å². The first kappa shape index (κ1) is 6.78. The second kappa shape index (κ2) is 2.50. The molecule has 2 nitrogen and oxygen atoms in total. The summed E-state index contributed by atoms with van der Waals surface area (Å²) in [5.74, 6) is 0. The number of rotatable bonds is 3. The lowest BCUT2D eigenvalue weighted by atomic mass is 10.1. The van der Waals surface area contributed by atoms with Crippen molar-refractivity contribution in [1.29, 1.82) is 0 Å². The summed E-state index contributed by atoms with van der Waals surface area (Å²) in [6.45, 7) is 5.86. The van der Waals surface area contributed by atoms with Crippen LogP contribution in [0.25, 0.3) is 0 Å². The Morgan fingerprint density at radius 1 is 1.67 bits per heavy atom. The number of epoxide rings is 1. The fourth-order valence-electron chi connectivity index (χ4n) is 0.863. The van der Waals surface area contributed by atoms with E-state index in [0.29, 0.717) is 0 Å². The Labute approximate surface area is 55.1 Å². The Kier molecular flexibility index (Phi) is 1.88. The summed E-state index contributed by atoms with van der Waals surface area (Å²) in [6.07, 6.45) is 1.25. The molecule has 1 N–H and O–H groups in total. The van der Waals surface area contributed by atoms with E-state index in [1.165, 1.54) is 0 Å². The molecule has 1 aliphatic rings. The van der Waals surface area contributed by atoms with Crippen molar-refractivity contribution in [3.05, 3.63) is 12.2 Å². The maximum Gasteiger partial charge on any atom is 0.107 e. The highest BCUT2D eigenvalue weighted by molar-refractivity contribution is 4.98. The van der Waals surface area contributed by atoms with Crippen molar-refractivity contribution in [3.8, 4) is 0 Å². The lowest BCUT2D eigenvalue weighted by Gasteiger charge is -1.89. The van der Waals surface area contributed by atoms with Crippen molar-refractivity contribution >= 4 is 0 Å². The second-order valence-electron chi connectivity index (χ2n) is 2.56. The van der Waals surface area contributed by atoms with Gasteiger partial charge >= 0.3 is 0 Å². The predicted octanol–water partition coefficient (Wildman–Crippen LogP) is 0.712. The molecule has 0 bridgehead atoms. The zero-order valence-electron chi connectivity index (χ0n) is 5.63. The average Bonchev–Trinajstić information content (AvgIpc) is 2.45. The molecule has 0 aromatic rings. The third kappa shape index (κ3) is 1.80.